The van der Waals surface area contributed by atoms with Crippen molar-refractivity contribution in [1.29, 1.82) is 0 Å². The first-order valence-corrected chi connectivity index (χ1v) is 13.5. The van der Waals surface area contributed by atoms with Crippen LogP contribution in [0.25, 0.3) is 0 Å². The Morgan fingerprint density at radius 1 is 1.30 bits per heavy atom. The van der Waals surface area contributed by atoms with Gasteiger partial charge in [-0.2, -0.15) is 0 Å². The number of likely N-dealkylation sites (N-methyl/N-ethyl adjacent to an activating group) is 1. The van der Waals surface area contributed by atoms with Crippen molar-refractivity contribution in [3.05, 3.63) is 47.1 Å². The van der Waals surface area contributed by atoms with Crippen molar-refractivity contribution in [3.63, 3.8) is 0 Å². The molecule has 1 saturated heterocycles. The summed E-state index contributed by atoms with van der Waals surface area (Å²) in [7, 11) is 2.13. The molecule has 1 aromatic carbocycles. The molecule has 1 aliphatic heterocycles. The van der Waals surface area contributed by atoms with Gasteiger partial charge in [-0.05, 0) is 94.8 Å². The molecule has 1 aliphatic carbocycles. The molecular formula is C28H41NO3S. The summed E-state index contributed by atoms with van der Waals surface area (Å²) in [6.45, 7) is 11.8. The van der Waals surface area contributed by atoms with Crippen molar-refractivity contribution in [1.82, 2.24) is 4.90 Å². The summed E-state index contributed by atoms with van der Waals surface area (Å²) in [6, 6.07) is 4.54. The van der Waals surface area contributed by atoms with E-state index in [1.54, 1.807) is 0 Å². The topological polar surface area (TPSA) is 49.5 Å². The van der Waals surface area contributed by atoms with Crippen LogP contribution in [0.5, 0.6) is 11.5 Å². The van der Waals surface area contributed by atoms with Gasteiger partial charge in [-0.15, -0.1) is 0 Å². The normalized spacial score (nSPS) is 24.3. The molecule has 4 nitrogen and oxygen atoms in total. The first-order valence-electron chi connectivity index (χ1n) is 12.5. The average molecular weight is 472 g/mol. The summed E-state index contributed by atoms with van der Waals surface area (Å²) < 4.78 is 5.93. The molecule has 0 spiro atoms. The molecule has 0 aromatic heterocycles. The molecular weight excluding hydrogens is 430 g/mol. The Balaban J connectivity index is 1.80. The van der Waals surface area contributed by atoms with Gasteiger partial charge >= 0.3 is 5.30 Å². The predicted molar refractivity (Wildman–Crippen MR) is 140 cm³/mol. The standard InChI is InChI=1S/C28H41NO3S/c1-6-7-8-10-21-16-25(30)27(24-15-20(4)12-13-23(24)19(2)3)26(17-21)32-28(31)33-14-9-11-22-18-29(22)5/h15-17,22-24,30H,2,6-14,18H2,1,3-5H3/t22?,23-,24+,29?/m0/s1. The van der Waals surface area contributed by atoms with Crippen LogP contribution in [-0.4, -0.2) is 40.7 Å². The number of carbonyl (C=O) groups is 1. The zero-order valence-electron chi connectivity index (χ0n) is 20.9. The van der Waals surface area contributed by atoms with Gasteiger partial charge in [0.05, 0.1) is 0 Å². The second-order valence-corrected chi connectivity index (χ2v) is 11.0. The fourth-order valence-electron chi connectivity index (χ4n) is 4.91. The number of aromatic hydroxyl groups is 1. The van der Waals surface area contributed by atoms with Gasteiger partial charge in [0.15, 0.2) is 0 Å². The van der Waals surface area contributed by atoms with Gasteiger partial charge in [-0.25, -0.2) is 4.79 Å². The monoisotopic (exact) mass is 471 g/mol. The Bertz CT molecular complexity index is 878. The first-order chi connectivity index (χ1) is 15.8. The van der Waals surface area contributed by atoms with Crippen molar-refractivity contribution in [2.45, 2.75) is 84.1 Å². The van der Waals surface area contributed by atoms with Gasteiger partial charge in [0.2, 0.25) is 0 Å². The number of aryl methyl sites for hydroxylation is 1. The molecule has 0 radical (unpaired) electrons. The van der Waals surface area contributed by atoms with Crippen LogP contribution >= 0.6 is 11.8 Å². The van der Waals surface area contributed by atoms with Crippen LogP contribution in [-0.2, 0) is 6.42 Å². The highest BCUT2D eigenvalue weighted by Crippen LogP contribution is 2.47. The molecule has 1 heterocycles. The molecule has 2 aliphatic rings. The molecule has 4 atom stereocenters. The number of thioether (sulfide) groups is 1. The number of carbonyl (C=O) groups excluding carboxylic acids is 1. The molecule has 182 valence electrons. The molecule has 33 heavy (non-hydrogen) atoms. The van der Waals surface area contributed by atoms with E-state index in [0.717, 1.165) is 73.8 Å². The maximum atomic E-state index is 12.8. The van der Waals surface area contributed by atoms with E-state index in [1.165, 1.54) is 23.9 Å². The van der Waals surface area contributed by atoms with Crippen molar-refractivity contribution < 1.29 is 14.6 Å². The highest BCUT2D eigenvalue weighted by atomic mass is 32.2. The van der Waals surface area contributed by atoms with Crippen molar-refractivity contribution in [2.24, 2.45) is 5.92 Å². The summed E-state index contributed by atoms with van der Waals surface area (Å²) in [4.78, 5) is 15.1. The second kappa shape index (κ2) is 12.1. The van der Waals surface area contributed by atoms with E-state index in [-0.39, 0.29) is 22.9 Å². The number of allylic oxidation sites excluding steroid dienone is 3. The van der Waals surface area contributed by atoms with Crippen LogP contribution in [0.15, 0.2) is 35.9 Å². The predicted octanol–water partition coefficient (Wildman–Crippen LogP) is 7.47. The third kappa shape index (κ3) is 7.38. The van der Waals surface area contributed by atoms with Crippen LogP contribution in [0.1, 0.15) is 82.8 Å². The Morgan fingerprint density at radius 2 is 2.06 bits per heavy atom. The molecule has 1 fully saturated rings. The number of hydrogen-bond donors (Lipinski definition) is 1. The fraction of sp³-hybridized carbons (Fsp3) is 0.607. The smallest absolute Gasteiger partial charge is 0.372 e. The van der Waals surface area contributed by atoms with Gasteiger partial charge in [0.25, 0.3) is 0 Å². The number of nitrogens with zero attached hydrogens (tertiary/aromatic N) is 1. The first kappa shape index (κ1) is 25.9. The SMILES string of the molecule is C=C(C)[C@@H]1CCC(C)=C[C@H]1c1c(O)cc(CCCCC)cc1OC(=O)SCCCC1CN1C. The Labute approximate surface area is 204 Å². The average Bonchev–Trinajstić information content (AvgIpc) is 3.46. The van der Waals surface area contributed by atoms with Crippen molar-refractivity contribution >= 4 is 17.1 Å². The van der Waals surface area contributed by atoms with Crippen molar-refractivity contribution in [2.75, 3.05) is 19.3 Å². The minimum Gasteiger partial charge on any atom is -0.507 e. The van der Waals surface area contributed by atoms with Crippen LogP contribution in [0.4, 0.5) is 4.79 Å². The minimum atomic E-state index is -0.283. The molecule has 1 aromatic rings. The van der Waals surface area contributed by atoms with E-state index in [1.807, 2.05) is 12.1 Å². The van der Waals surface area contributed by atoms with E-state index in [9.17, 15) is 9.90 Å². The zero-order chi connectivity index (χ0) is 24.0. The van der Waals surface area contributed by atoms with Crippen LogP contribution in [0.2, 0.25) is 0 Å². The van der Waals surface area contributed by atoms with E-state index in [2.05, 4.69) is 45.4 Å². The summed E-state index contributed by atoms with van der Waals surface area (Å²) in [6.07, 6.45) is 10.6. The van der Waals surface area contributed by atoms with E-state index >= 15 is 0 Å². The van der Waals surface area contributed by atoms with E-state index < -0.39 is 0 Å². The number of ether oxygens (including phenoxy) is 1. The fourth-order valence-corrected chi connectivity index (χ4v) is 5.53. The molecule has 1 N–H and O–H groups in total. The lowest BCUT2D eigenvalue weighted by Crippen LogP contribution is -2.18. The molecule has 5 heteroatoms. The summed E-state index contributed by atoms with van der Waals surface area (Å²) in [5.41, 5.74) is 4.17. The highest BCUT2D eigenvalue weighted by molar-refractivity contribution is 8.13. The number of hydrogen-bond acceptors (Lipinski definition) is 5. The van der Waals surface area contributed by atoms with Crippen LogP contribution in [0.3, 0.4) is 0 Å². The lowest BCUT2D eigenvalue weighted by molar-refractivity contribution is 0.226. The lowest BCUT2D eigenvalue weighted by Gasteiger charge is -2.32. The second-order valence-electron chi connectivity index (χ2n) is 9.95. The summed E-state index contributed by atoms with van der Waals surface area (Å²) in [5, 5.41) is 10.8. The third-order valence-electron chi connectivity index (χ3n) is 7.05. The maximum Gasteiger partial charge on any atom is 0.372 e. The Hall–Kier alpha value is -1.72. The third-order valence-corrected chi connectivity index (χ3v) is 7.86. The maximum absolute atomic E-state index is 12.8. The summed E-state index contributed by atoms with van der Waals surface area (Å²) in [5.74, 6) is 1.71. The number of benzene rings is 1. The van der Waals surface area contributed by atoms with Gasteiger partial charge in [-0.1, -0.05) is 43.6 Å². The summed E-state index contributed by atoms with van der Waals surface area (Å²) >= 11 is 1.24. The molecule has 0 saturated carbocycles. The zero-order valence-corrected chi connectivity index (χ0v) is 21.7. The lowest BCUT2D eigenvalue weighted by atomic mass is 9.73. The number of phenols is 1. The molecule has 0 amide bonds. The highest BCUT2D eigenvalue weighted by Gasteiger charge is 2.31. The Morgan fingerprint density at radius 3 is 2.73 bits per heavy atom. The van der Waals surface area contributed by atoms with Gasteiger partial charge in [-0.3, -0.25) is 0 Å². The number of unbranched alkanes of at least 4 members (excludes halogenated alkanes) is 2. The molecule has 2 unspecified atom stereocenters. The largest absolute Gasteiger partial charge is 0.507 e. The quantitative estimate of drug-likeness (QED) is 0.157. The minimum absolute atomic E-state index is 0.0286. The van der Waals surface area contributed by atoms with E-state index in [0.29, 0.717) is 11.8 Å². The van der Waals surface area contributed by atoms with Crippen LogP contribution < -0.4 is 4.74 Å². The van der Waals surface area contributed by atoms with Gasteiger partial charge < -0.3 is 14.7 Å². The van der Waals surface area contributed by atoms with E-state index in [4.69, 9.17) is 4.74 Å². The molecule has 3 rings (SSSR count). The van der Waals surface area contributed by atoms with Crippen LogP contribution in [0, 0.1) is 5.92 Å². The number of phenolic OH excluding ortho intramolecular Hbond substituents is 1. The van der Waals surface area contributed by atoms with Gasteiger partial charge in [0, 0.05) is 29.8 Å². The Kier molecular flexibility index (Phi) is 9.51. The molecule has 0 bridgehead atoms. The van der Waals surface area contributed by atoms with Crippen molar-refractivity contribution in [3.8, 4) is 11.5 Å². The number of rotatable bonds is 11. The van der Waals surface area contributed by atoms with Gasteiger partial charge in [0.1, 0.15) is 11.5 Å².